The molecule has 0 spiro atoms. The summed E-state index contributed by atoms with van der Waals surface area (Å²) in [5.74, 6) is -0.496. The summed E-state index contributed by atoms with van der Waals surface area (Å²) in [6, 6.07) is 0. The van der Waals surface area contributed by atoms with Crippen LogP contribution in [0.4, 0.5) is 0 Å². The predicted molar refractivity (Wildman–Crippen MR) is 72.7 cm³/mol. The minimum Gasteiger partial charge on any atom is -0.458 e. The quantitative estimate of drug-likeness (QED) is 0.483. The van der Waals surface area contributed by atoms with Crippen molar-refractivity contribution >= 4 is 5.97 Å². The molecular weight excluding hydrogens is 260 g/mol. The topological polar surface area (TPSA) is 87.0 Å². The van der Waals surface area contributed by atoms with Crippen LogP contribution in [0.5, 0.6) is 0 Å². The van der Waals surface area contributed by atoms with E-state index in [1.807, 2.05) is 6.92 Å². The second-order valence-electron chi connectivity index (χ2n) is 5.72. The third-order valence-corrected chi connectivity index (χ3v) is 4.39. The van der Waals surface area contributed by atoms with Gasteiger partial charge in [0.25, 0.3) is 0 Å². The van der Waals surface area contributed by atoms with Crippen molar-refractivity contribution in [3.8, 4) is 0 Å². The average Bonchev–Trinajstić information content (AvgIpc) is 2.67. The number of fused-ring (bicyclic) bond motifs is 1. The van der Waals surface area contributed by atoms with Crippen molar-refractivity contribution in [1.29, 1.82) is 0 Å². The minimum atomic E-state index is -0.958. The van der Waals surface area contributed by atoms with Crippen LogP contribution in [-0.4, -0.2) is 46.2 Å². The Kier molecular flexibility index (Phi) is 4.62. The molecule has 112 valence electrons. The highest BCUT2D eigenvalue weighted by atomic mass is 16.6. The fourth-order valence-corrected chi connectivity index (χ4v) is 2.89. The molecule has 5 nitrogen and oxygen atoms in total. The number of hydrogen-bond acceptors (Lipinski definition) is 5. The zero-order chi connectivity index (χ0) is 14.9. The van der Waals surface area contributed by atoms with Crippen molar-refractivity contribution in [2.24, 2.45) is 11.8 Å². The number of aliphatic hydroxyl groups is 3. The van der Waals surface area contributed by atoms with Crippen LogP contribution in [0.1, 0.15) is 26.2 Å². The molecule has 1 fully saturated rings. The van der Waals surface area contributed by atoms with Crippen LogP contribution in [-0.2, 0) is 9.53 Å². The zero-order valence-electron chi connectivity index (χ0n) is 11.7. The van der Waals surface area contributed by atoms with Gasteiger partial charge in [-0.15, -0.1) is 0 Å². The molecular formula is C15H22O5. The van der Waals surface area contributed by atoms with Crippen LogP contribution in [0.2, 0.25) is 0 Å². The predicted octanol–water partition coefficient (Wildman–Crippen LogP) is 0.545. The molecule has 3 N–H and O–H groups in total. The number of esters is 1. The molecule has 1 aliphatic heterocycles. The summed E-state index contributed by atoms with van der Waals surface area (Å²) < 4.78 is 5.32. The van der Waals surface area contributed by atoms with E-state index >= 15 is 0 Å². The molecule has 5 atom stereocenters. The van der Waals surface area contributed by atoms with E-state index in [0.29, 0.717) is 24.0 Å². The highest BCUT2D eigenvalue weighted by Crippen LogP contribution is 2.35. The Hall–Kier alpha value is -1.17. The van der Waals surface area contributed by atoms with E-state index in [0.717, 1.165) is 0 Å². The Morgan fingerprint density at radius 1 is 1.40 bits per heavy atom. The molecule has 5 heteroatoms. The molecule has 0 bridgehead atoms. The molecule has 0 radical (unpaired) electrons. The van der Waals surface area contributed by atoms with Crippen molar-refractivity contribution in [3.63, 3.8) is 0 Å². The van der Waals surface area contributed by atoms with Crippen molar-refractivity contribution in [3.05, 3.63) is 23.8 Å². The molecule has 0 aromatic rings. The highest BCUT2D eigenvalue weighted by Gasteiger charge is 2.41. The fourth-order valence-electron chi connectivity index (χ4n) is 2.89. The summed E-state index contributed by atoms with van der Waals surface area (Å²) in [5, 5.41) is 29.4. The fraction of sp³-hybridized carbons (Fsp3) is 0.667. The lowest BCUT2D eigenvalue weighted by molar-refractivity contribution is -0.142. The van der Waals surface area contributed by atoms with Gasteiger partial charge in [-0.1, -0.05) is 13.5 Å². The van der Waals surface area contributed by atoms with E-state index in [1.54, 1.807) is 6.08 Å². The molecule has 0 aromatic heterocycles. The highest BCUT2D eigenvalue weighted by molar-refractivity contribution is 5.75. The summed E-state index contributed by atoms with van der Waals surface area (Å²) in [7, 11) is 0. The largest absolute Gasteiger partial charge is 0.458 e. The number of ether oxygens (including phenoxy) is 1. The lowest BCUT2D eigenvalue weighted by Gasteiger charge is -2.25. The minimum absolute atomic E-state index is 0.0155. The van der Waals surface area contributed by atoms with Crippen LogP contribution >= 0.6 is 0 Å². The Morgan fingerprint density at radius 3 is 2.75 bits per heavy atom. The van der Waals surface area contributed by atoms with Gasteiger partial charge in [0.15, 0.2) is 0 Å². The first-order valence-corrected chi connectivity index (χ1v) is 6.99. The van der Waals surface area contributed by atoms with Crippen LogP contribution in [0.3, 0.4) is 0 Å². The van der Waals surface area contributed by atoms with Crippen molar-refractivity contribution in [1.82, 2.24) is 0 Å². The molecule has 1 aliphatic carbocycles. The van der Waals surface area contributed by atoms with E-state index < -0.39 is 18.3 Å². The molecule has 2 aliphatic rings. The molecule has 1 saturated heterocycles. The zero-order valence-corrected chi connectivity index (χ0v) is 11.7. The molecule has 20 heavy (non-hydrogen) atoms. The van der Waals surface area contributed by atoms with Gasteiger partial charge in [0.1, 0.15) is 6.10 Å². The summed E-state index contributed by atoms with van der Waals surface area (Å²) in [6.45, 7) is 5.34. The monoisotopic (exact) mass is 282 g/mol. The maximum absolute atomic E-state index is 11.7. The Bertz CT molecular complexity index is 428. The maximum Gasteiger partial charge on any atom is 0.309 e. The standard InChI is InChI=1S/C15H22O5/c1-8-3-4-11-9(2)15(19)20-14(11)5-10(7-16)13(18)6-12(8)17/h5,9,11-14,16-18H,1,3-4,6-7H2,2H3. The van der Waals surface area contributed by atoms with Gasteiger partial charge in [0, 0.05) is 12.3 Å². The van der Waals surface area contributed by atoms with Gasteiger partial charge in [0.05, 0.1) is 24.7 Å². The van der Waals surface area contributed by atoms with Crippen molar-refractivity contribution in [2.75, 3.05) is 6.61 Å². The van der Waals surface area contributed by atoms with Crippen LogP contribution in [0.25, 0.3) is 0 Å². The Balaban J connectivity index is 2.31. The van der Waals surface area contributed by atoms with E-state index in [9.17, 15) is 20.1 Å². The van der Waals surface area contributed by atoms with Crippen LogP contribution < -0.4 is 0 Å². The lowest BCUT2D eigenvalue weighted by atomic mass is 9.83. The van der Waals surface area contributed by atoms with Crippen molar-refractivity contribution < 1.29 is 24.9 Å². The van der Waals surface area contributed by atoms with E-state index in [4.69, 9.17) is 4.74 Å². The molecule has 1 heterocycles. The Labute approximate surface area is 118 Å². The third kappa shape index (κ3) is 2.95. The molecule has 0 aromatic carbocycles. The number of carbonyl (C=O) groups excluding carboxylic acids is 1. The van der Waals surface area contributed by atoms with Gasteiger partial charge in [-0.25, -0.2) is 0 Å². The smallest absolute Gasteiger partial charge is 0.309 e. The first-order chi connectivity index (χ1) is 9.43. The van der Waals surface area contributed by atoms with E-state index in [2.05, 4.69) is 6.58 Å². The number of aliphatic hydroxyl groups excluding tert-OH is 3. The first-order valence-electron chi connectivity index (χ1n) is 6.99. The Morgan fingerprint density at radius 2 is 2.10 bits per heavy atom. The van der Waals surface area contributed by atoms with Gasteiger partial charge < -0.3 is 20.1 Å². The van der Waals surface area contributed by atoms with Crippen LogP contribution in [0, 0.1) is 11.8 Å². The van der Waals surface area contributed by atoms with Crippen molar-refractivity contribution in [2.45, 2.75) is 44.5 Å². The number of rotatable bonds is 1. The summed E-state index contributed by atoms with van der Waals surface area (Å²) in [5.41, 5.74) is 1.03. The normalized spacial score (nSPS) is 39.0. The van der Waals surface area contributed by atoms with Gasteiger partial charge >= 0.3 is 5.97 Å². The maximum atomic E-state index is 11.7. The van der Waals surface area contributed by atoms with Gasteiger partial charge in [0.2, 0.25) is 0 Å². The SMILES string of the molecule is C=C1CCC2C(C=C(CO)C(O)CC1O)OC(=O)C2C. The number of carbonyl (C=O) groups is 1. The molecule has 2 rings (SSSR count). The molecule has 0 saturated carbocycles. The van der Waals surface area contributed by atoms with E-state index in [1.165, 1.54) is 0 Å². The molecule has 5 unspecified atom stereocenters. The summed E-state index contributed by atoms with van der Waals surface area (Å²) >= 11 is 0. The summed E-state index contributed by atoms with van der Waals surface area (Å²) in [4.78, 5) is 11.7. The molecule has 0 amide bonds. The van der Waals surface area contributed by atoms with E-state index in [-0.39, 0.29) is 30.8 Å². The van der Waals surface area contributed by atoms with Gasteiger partial charge in [-0.3, -0.25) is 4.79 Å². The van der Waals surface area contributed by atoms with Gasteiger partial charge in [-0.05, 0) is 30.1 Å². The lowest BCUT2D eigenvalue weighted by Crippen LogP contribution is -2.27. The first kappa shape index (κ1) is 15.2. The third-order valence-electron chi connectivity index (χ3n) is 4.39. The second kappa shape index (κ2) is 6.08. The summed E-state index contributed by atoms with van der Waals surface area (Å²) in [6.07, 6.45) is 0.850. The van der Waals surface area contributed by atoms with Crippen LogP contribution in [0.15, 0.2) is 23.8 Å². The van der Waals surface area contributed by atoms with Gasteiger partial charge in [-0.2, -0.15) is 0 Å². The number of hydrogen-bond donors (Lipinski definition) is 3. The second-order valence-corrected chi connectivity index (χ2v) is 5.72. The average molecular weight is 282 g/mol.